The minimum absolute atomic E-state index is 0.0323. The predicted molar refractivity (Wildman–Crippen MR) is 48.7 cm³/mol. The largest absolute Gasteiger partial charge is 0.480 e. The first-order valence-electron chi connectivity index (χ1n) is 4.72. The zero-order chi connectivity index (χ0) is 9.68. The molecule has 13 heavy (non-hydrogen) atoms. The maximum absolute atomic E-state index is 10.3. The molecule has 1 aliphatic rings. The van der Waals surface area contributed by atoms with E-state index in [0.717, 1.165) is 19.3 Å². The number of hydrogen-bond donors (Lipinski definition) is 2. The van der Waals surface area contributed by atoms with Crippen LogP contribution in [0.5, 0.6) is 0 Å². The Morgan fingerprint density at radius 3 is 2.85 bits per heavy atom. The molecule has 0 aliphatic heterocycles. The Morgan fingerprint density at radius 2 is 2.23 bits per heavy atom. The van der Waals surface area contributed by atoms with Crippen molar-refractivity contribution < 1.29 is 14.6 Å². The number of aliphatic carboxylic acids is 1. The maximum Gasteiger partial charge on any atom is 0.317 e. The van der Waals surface area contributed by atoms with Crippen LogP contribution in [0, 0.1) is 0 Å². The van der Waals surface area contributed by atoms with Gasteiger partial charge in [0.2, 0.25) is 0 Å². The van der Waals surface area contributed by atoms with Gasteiger partial charge in [-0.1, -0.05) is 12.8 Å². The second-order valence-electron chi connectivity index (χ2n) is 3.44. The molecule has 2 atom stereocenters. The van der Waals surface area contributed by atoms with Crippen LogP contribution in [0.3, 0.4) is 0 Å². The van der Waals surface area contributed by atoms with Gasteiger partial charge in [-0.15, -0.1) is 0 Å². The third kappa shape index (κ3) is 3.32. The fraction of sp³-hybridized carbons (Fsp3) is 0.889. The molecule has 76 valence electrons. The van der Waals surface area contributed by atoms with Gasteiger partial charge in [0.25, 0.3) is 0 Å². The Bertz CT molecular complexity index is 172. The maximum atomic E-state index is 10.3. The molecule has 0 spiro atoms. The van der Waals surface area contributed by atoms with Crippen molar-refractivity contribution in [2.24, 2.45) is 0 Å². The van der Waals surface area contributed by atoms with Crippen molar-refractivity contribution in [3.05, 3.63) is 0 Å². The molecule has 4 nitrogen and oxygen atoms in total. The van der Waals surface area contributed by atoms with Crippen molar-refractivity contribution in [2.75, 3.05) is 13.7 Å². The van der Waals surface area contributed by atoms with Gasteiger partial charge in [0.05, 0.1) is 12.6 Å². The Balaban J connectivity index is 2.31. The van der Waals surface area contributed by atoms with Crippen molar-refractivity contribution in [1.29, 1.82) is 0 Å². The molecule has 0 aromatic rings. The lowest BCUT2D eigenvalue weighted by Gasteiger charge is -2.30. The monoisotopic (exact) mass is 187 g/mol. The molecule has 0 radical (unpaired) electrons. The molecule has 0 aromatic heterocycles. The average Bonchev–Trinajstić information content (AvgIpc) is 2.15. The van der Waals surface area contributed by atoms with Crippen LogP contribution >= 0.6 is 0 Å². The van der Waals surface area contributed by atoms with Crippen molar-refractivity contribution in [3.8, 4) is 0 Å². The molecule has 1 aliphatic carbocycles. The van der Waals surface area contributed by atoms with Crippen LogP contribution in [0.4, 0.5) is 0 Å². The average molecular weight is 187 g/mol. The molecule has 0 aromatic carbocycles. The van der Waals surface area contributed by atoms with Crippen LogP contribution in [-0.2, 0) is 9.53 Å². The van der Waals surface area contributed by atoms with E-state index in [9.17, 15) is 4.79 Å². The summed E-state index contributed by atoms with van der Waals surface area (Å²) in [6.45, 7) is 0.0323. The van der Waals surface area contributed by atoms with Crippen LogP contribution in [0.15, 0.2) is 0 Å². The molecule has 4 heteroatoms. The van der Waals surface area contributed by atoms with Gasteiger partial charge in [0, 0.05) is 13.2 Å². The highest BCUT2D eigenvalue weighted by Gasteiger charge is 2.24. The molecular formula is C9H17NO3. The molecule has 0 bridgehead atoms. The van der Waals surface area contributed by atoms with Crippen molar-refractivity contribution in [3.63, 3.8) is 0 Å². The quantitative estimate of drug-likeness (QED) is 0.677. The first kappa shape index (κ1) is 10.5. The molecule has 2 N–H and O–H groups in total. The summed E-state index contributed by atoms with van der Waals surface area (Å²) in [5, 5.41) is 11.5. The highest BCUT2D eigenvalue weighted by Crippen LogP contribution is 2.20. The fourth-order valence-electron chi connectivity index (χ4n) is 1.83. The molecule has 1 rings (SSSR count). The van der Waals surface area contributed by atoms with Gasteiger partial charge in [-0.05, 0) is 12.8 Å². The highest BCUT2D eigenvalue weighted by molar-refractivity contribution is 5.69. The zero-order valence-corrected chi connectivity index (χ0v) is 7.95. The lowest BCUT2D eigenvalue weighted by molar-refractivity contribution is -0.136. The van der Waals surface area contributed by atoms with Gasteiger partial charge in [-0.2, -0.15) is 0 Å². The summed E-state index contributed by atoms with van der Waals surface area (Å²) in [5.74, 6) is -0.805. The summed E-state index contributed by atoms with van der Waals surface area (Å²) in [7, 11) is 1.69. The third-order valence-corrected chi connectivity index (χ3v) is 2.52. The van der Waals surface area contributed by atoms with Crippen molar-refractivity contribution in [2.45, 2.75) is 37.8 Å². The lowest BCUT2D eigenvalue weighted by Crippen LogP contribution is -2.45. The van der Waals surface area contributed by atoms with Crippen LogP contribution in [0.1, 0.15) is 25.7 Å². The van der Waals surface area contributed by atoms with Gasteiger partial charge in [0.1, 0.15) is 0 Å². The second-order valence-corrected chi connectivity index (χ2v) is 3.44. The summed E-state index contributed by atoms with van der Waals surface area (Å²) in [6, 6.07) is 0.217. The van der Waals surface area contributed by atoms with E-state index in [1.165, 1.54) is 6.42 Å². The normalized spacial score (nSPS) is 28.7. The lowest BCUT2D eigenvalue weighted by atomic mass is 9.92. The minimum Gasteiger partial charge on any atom is -0.480 e. The van der Waals surface area contributed by atoms with Crippen molar-refractivity contribution >= 4 is 5.97 Å². The van der Waals surface area contributed by atoms with E-state index >= 15 is 0 Å². The van der Waals surface area contributed by atoms with Gasteiger partial charge < -0.3 is 15.2 Å². The van der Waals surface area contributed by atoms with Gasteiger partial charge in [-0.25, -0.2) is 0 Å². The van der Waals surface area contributed by atoms with Crippen LogP contribution in [-0.4, -0.2) is 36.9 Å². The van der Waals surface area contributed by atoms with E-state index in [0.29, 0.717) is 0 Å². The standard InChI is InChI=1S/C9H17NO3/c1-13-8-5-3-2-4-7(8)10-6-9(11)12/h7-8,10H,2-6H2,1H3,(H,11,12)/t7-,8-/m1/s1. The number of hydrogen-bond acceptors (Lipinski definition) is 3. The summed E-state index contributed by atoms with van der Waals surface area (Å²) in [4.78, 5) is 10.3. The molecule has 0 unspecified atom stereocenters. The van der Waals surface area contributed by atoms with Crippen LogP contribution in [0.2, 0.25) is 0 Å². The Labute approximate surface area is 78.3 Å². The SMILES string of the molecule is CO[C@@H]1CCCC[C@H]1NCC(=O)O. The molecule has 0 amide bonds. The molecule has 0 heterocycles. The van der Waals surface area contributed by atoms with E-state index in [1.807, 2.05) is 0 Å². The third-order valence-electron chi connectivity index (χ3n) is 2.52. The number of methoxy groups -OCH3 is 1. The number of nitrogens with one attached hydrogen (secondary N) is 1. The van der Waals surface area contributed by atoms with Crippen LogP contribution in [0.25, 0.3) is 0 Å². The van der Waals surface area contributed by atoms with Gasteiger partial charge >= 0.3 is 5.97 Å². The summed E-state index contributed by atoms with van der Waals surface area (Å²) < 4.78 is 5.28. The number of rotatable bonds is 4. The van der Waals surface area contributed by atoms with E-state index in [4.69, 9.17) is 9.84 Å². The Kier molecular flexibility index (Phi) is 4.18. The van der Waals surface area contributed by atoms with E-state index < -0.39 is 5.97 Å². The number of ether oxygens (including phenoxy) is 1. The number of carbonyl (C=O) groups is 1. The molecule has 0 saturated heterocycles. The second kappa shape index (κ2) is 5.19. The van der Waals surface area contributed by atoms with E-state index in [2.05, 4.69) is 5.32 Å². The van der Waals surface area contributed by atoms with Gasteiger partial charge in [0.15, 0.2) is 0 Å². The summed E-state index contributed by atoms with van der Waals surface area (Å²) in [5.41, 5.74) is 0. The Hall–Kier alpha value is -0.610. The summed E-state index contributed by atoms with van der Waals surface area (Å²) >= 11 is 0. The first-order valence-corrected chi connectivity index (χ1v) is 4.72. The van der Waals surface area contributed by atoms with E-state index in [1.54, 1.807) is 7.11 Å². The topological polar surface area (TPSA) is 58.6 Å². The van der Waals surface area contributed by atoms with Crippen molar-refractivity contribution in [1.82, 2.24) is 5.32 Å². The Morgan fingerprint density at radius 1 is 1.54 bits per heavy atom. The zero-order valence-electron chi connectivity index (χ0n) is 7.95. The molecule has 1 saturated carbocycles. The fourth-order valence-corrected chi connectivity index (χ4v) is 1.83. The minimum atomic E-state index is -0.805. The first-order chi connectivity index (χ1) is 6.24. The highest BCUT2D eigenvalue weighted by atomic mass is 16.5. The predicted octanol–water partition coefficient (Wildman–Crippen LogP) is 0.618. The van der Waals surface area contributed by atoms with Gasteiger partial charge in [-0.3, -0.25) is 4.79 Å². The number of carboxylic acid groups (broad SMARTS) is 1. The molecular weight excluding hydrogens is 170 g/mol. The summed E-state index contributed by atoms with van der Waals surface area (Å²) in [6.07, 6.45) is 4.59. The number of carboxylic acids is 1. The van der Waals surface area contributed by atoms with Crippen LogP contribution < -0.4 is 5.32 Å². The smallest absolute Gasteiger partial charge is 0.317 e. The van der Waals surface area contributed by atoms with E-state index in [-0.39, 0.29) is 18.7 Å². The molecule has 1 fully saturated rings.